The molecule has 2 atom stereocenters. The first-order chi connectivity index (χ1) is 8.42. The van der Waals surface area contributed by atoms with E-state index >= 15 is 0 Å². The van der Waals surface area contributed by atoms with Crippen molar-refractivity contribution in [1.82, 2.24) is 4.90 Å². The predicted molar refractivity (Wildman–Crippen MR) is 64.3 cm³/mol. The summed E-state index contributed by atoms with van der Waals surface area (Å²) in [5.41, 5.74) is 6.00. The van der Waals surface area contributed by atoms with Gasteiger partial charge in [0.2, 0.25) is 0 Å². The molecule has 0 aromatic carbocycles. The number of hydrogen-bond donors (Lipinski definition) is 1. The van der Waals surface area contributed by atoms with Gasteiger partial charge in [0.15, 0.2) is 0 Å². The van der Waals surface area contributed by atoms with Crippen LogP contribution in [0.4, 0.5) is 13.2 Å². The van der Waals surface area contributed by atoms with E-state index in [1.165, 1.54) is 0 Å². The Morgan fingerprint density at radius 2 is 2.11 bits per heavy atom. The van der Waals surface area contributed by atoms with Crippen LogP contribution in [-0.2, 0) is 4.74 Å². The minimum atomic E-state index is -4.22. The van der Waals surface area contributed by atoms with Crippen molar-refractivity contribution in [3.8, 4) is 0 Å². The van der Waals surface area contributed by atoms with E-state index in [0.29, 0.717) is 12.3 Å². The summed E-state index contributed by atoms with van der Waals surface area (Å²) in [5, 5.41) is 0. The van der Waals surface area contributed by atoms with Crippen molar-refractivity contribution in [3.63, 3.8) is 0 Å². The third-order valence-electron chi connectivity index (χ3n) is 3.43. The first-order valence-corrected chi connectivity index (χ1v) is 6.55. The van der Waals surface area contributed by atoms with Gasteiger partial charge >= 0.3 is 6.18 Å². The van der Waals surface area contributed by atoms with Gasteiger partial charge in [-0.1, -0.05) is 13.3 Å². The number of nitrogens with two attached hydrogens (primary N) is 1. The molecule has 3 nitrogen and oxygen atoms in total. The number of hydrogen-bond acceptors (Lipinski definition) is 3. The predicted octanol–water partition coefficient (Wildman–Crippen LogP) is 2.01. The molecule has 2 N–H and O–H groups in total. The summed E-state index contributed by atoms with van der Waals surface area (Å²) < 4.78 is 40.1. The Kier molecular flexibility index (Phi) is 6.38. The lowest BCUT2D eigenvalue weighted by Crippen LogP contribution is -2.47. The Morgan fingerprint density at radius 3 is 2.72 bits per heavy atom. The Bertz CT molecular complexity index is 236. The minimum absolute atomic E-state index is 0.166. The quantitative estimate of drug-likeness (QED) is 0.749. The van der Waals surface area contributed by atoms with Gasteiger partial charge in [-0.2, -0.15) is 13.2 Å². The maximum absolute atomic E-state index is 11.8. The van der Waals surface area contributed by atoms with Gasteiger partial charge in [-0.05, 0) is 25.3 Å². The summed E-state index contributed by atoms with van der Waals surface area (Å²) in [4.78, 5) is 2.27. The molecule has 1 fully saturated rings. The first kappa shape index (κ1) is 15.7. The molecule has 108 valence electrons. The largest absolute Gasteiger partial charge is 0.411 e. The third-order valence-corrected chi connectivity index (χ3v) is 3.43. The van der Waals surface area contributed by atoms with Crippen molar-refractivity contribution in [1.29, 1.82) is 0 Å². The number of ether oxygens (including phenoxy) is 1. The lowest BCUT2D eigenvalue weighted by molar-refractivity contribution is -0.174. The highest BCUT2D eigenvalue weighted by molar-refractivity contribution is 4.81. The van der Waals surface area contributed by atoms with E-state index in [0.717, 1.165) is 32.5 Å². The number of rotatable bonds is 6. The molecule has 0 aromatic heterocycles. The van der Waals surface area contributed by atoms with Crippen molar-refractivity contribution in [2.45, 2.75) is 38.4 Å². The molecule has 0 saturated carbocycles. The molecule has 0 amide bonds. The molecule has 0 aliphatic carbocycles. The molecule has 1 heterocycles. The second-order valence-corrected chi connectivity index (χ2v) is 4.94. The van der Waals surface area contributed by atoms with Gasteiger partial charge in [0.25, 0.3) is 0 Å². The van der Waals surface area contributed by atoms with Gasteiger partial charge in [0.05, 0.1) is 0 Å². The van der Waals surface area contributed by atoms with Crippen LogP contribution in [0.5, 0.6) is 0 Å². The van der Waals surface area contributed by atoms with Crippen LogP contribution >= 0.6 is 0 Å². The van der Waals surface area contributed by atoms with Gasteiger partial charge in [-0.3, -0.25) is 0 Å². The number of alkyl halides is 3. The summed E-state index contributed by atoms with van der Waals surface area (Å²) in [6.45, 7) is 3.84. The molecule has 18 heavy (non-hydrogen) atoms. The third kappa shape index (κ3) is 6.02. The summed E-state index contributed by atoms with van der Waals surface area (Å²) in [6, 6.07) is 0.271. The van der Waals surface area contributed by atoms with Crippen LogP contribution in [0.2, 0.25) is 0 Å². The average molecular weight is 268 g/mol. The monoisotopic (exact) mass is 268 g/mol. The molecule has 1 saturated heterocycles. The first-order valence-electron chi connectivity index (χ1n) is 6.55. The fourth-order valence-corrected chi connectivity index (χ4v) is 2.34. The molecular formula is C12H23F3N2O. The van der Waals surface area contributed by atoms with Crippen LogP contribution < -0.4 is 5.73 Å². The molecule has 0 radical (unpaired) electrons. The topological polar surface area (TPSA) is 38.5 Å². The van der Waals surface area contributed by atoms with Gasteiger partial charge in [-0.25, -0.2) is 0 Å². The normalized spacial score (nSPS) is 26.5. The van der Waals surface area contributed by atoms with E-state index in [2.05, 4.69) is 16.6 Å². The Labute approximate surface area is 106 Å². The van der Waals surface area contributed by atoms with Gasteiger partial charge < -0.3 is 15.4 Å². The van der Waals surface area contributed by atoms with Crippen molar-refractivity contribution in [3.05, 3.63) is 0 Å². The van der Waals surface area contributed by atoms with Gasteiger partial charge in [0, 0.05) is 25.7 Å². The highest BCUT2D eigenvalue weighted by Gasteiger charge is 2.27. The fraction of sp³-hybridized carbons (Fsp3) is 1.00. The summed E-state index contributed by atoms with van der Waals surface area (Å²) in [5.74, 6) is 0.509. The highest BCUT2D eigenvalue weighted by atomic mass is 19.4. The Hall–Kier alpha value is -0.330. The molecule has 1 aliphatic heterocycles. The van der Waals surface area contributed by atoms with E-state index in [1.807, 2.05) is 0 Å². The van der Waals surface area contributed by atoms with Crippen LogP contribution in [0.15, 0.2) is 0 Å². The SMILES string of the molecule is CCC1CN(CCCOCC(F)(F)F)CCC1N. The minimum Gasteiger partial charge on any atom is -0.372 e. The van der Waals surface area contributed by atoms with Crippen molar-refractivity contribution in [2.24, 2.45) is 11.7 Å². The van der Waals surface area contributed by atoms with Crippen molar-refractivity contribution >= 4 is 0 Å². The molecule has 6 heteroatoms. The van der Waals surface area contributed by atoms with E-state index < -0.39 is 12.8 Å². The number of halogens is 3. The highest BCUT2D eigenvalue weighted by Crippen LogP contribution is 2.18. The van der Waals surface area contributed by atoms with E-state index in [4.69, 9.17) is 5.73 Å². The van der Waals surface area contributed by atoms with Crippen LogP contribution in [0.25, 0.3) is 0 Å². The molecule has 0 aromatic rings. The number of likely N-dealkylation sites (tertiary alicyclic amines) is 1. The summed E-state index contributed by atoms with van der Waals surface area (Å²) in [7, 11) is 0. The van der Waals surface area contributed by atoms with Crippen molar-refractivity contribution < 1.29 is 17.9 Å². The maximum atomic E-state index is 11.8. The van der Waals surface area contributed by atoms with Crippen LogP contribution in [0.1, 0.15) is 26.2 Å². The Morgan fingerprint density at radius 1 is 1.39 bits per heavy atom. The fourth-order valence-electron chi connectivity index (χ4n) is 2.34. The summed E-state index contributed by atoms with van der Waals surface area (Å²) in [6.07, 6.45) is -1.54. The molecule has 1 aliphatic rings. The van der Waals surface area contributed by atoms with Crippen molar-refractivity contribution in [2.75, 3.05) is 32.8 Å². The molecule has 2 unspecified atom stereocenters. The zero-order valence-corrected chi connectivity index (χ0v) is 10.9. The lowest BCUT2D eigenvalue weighted by atomic mass is 9.91. The average Bonchev–Trinajstić information content (AvgIpc) is 2.29. The zero-order chi connectivity index (χ0) is 13.6. The van der Waals surface area contributed by atoms with Gasteiger partial charge in [-0.15, -0.1) is 0 Å². The molecule has 0 spiro atoms. The smallest absolute Gasteiger partial charge is 0.372 e. The van der Waals surface area contributed by atoms with E-state index in [9.17, 15) is 13.2 Å². The second kappa shape index (κ2) is 7.31. The van der Waals surface area contributed by atoms with Crippen LogP contribution in [0.3, 0.4) is 0 Å². The molecule has 1 rings (SSSR count). The molecular weight excluding hydrogens is 245 g/mol. The summed E-state index contributed by atoms with van der Waals surface area (Å²) >= 11 is 0. The molecule has 0 bridgehead atoms. The zero-order valence-electron chi connectivity index (χ0n) is 10.9. The van der Waals surface area contributed by atoms with Crippen LogP contribution in [0, 0.1) is 5.92 Å². The van der Waals surface area contributed by atoms with Crippen LogP contribution in [-0.4, -0.2) is 50.0 Å². The number of nitrogens with zero attached hydrogens (tertiary/aromatic N) is 1. The van der Waals surface area contributed by atoms with E-state index in [-0.39, 0.29) is 12.6 Å². The standard InChI is InChI=1S/C12H23F3N2O/c1-2-10-8-17(6-4-11(10)16)5-3-7-18-9-12(13,14)15/h10-11H,2-9,16H2,1H3. The second-order valence-electron chi connectivity index (χ2n) is 4.94. The van der Waals surface area contributed by atoms with Gasteiger partial charge in [0.1, 0.15) is 6.61 Å². The maximum Gasteiger partial charge on any atom is 0.411 e. The lowest BCUT2D eigenvalue weighted by Gasteiger charge is -2.36. The van der Waals surface area contributed by atoms with E-state index in [1.54, 1.807) is 0 Å². The number of piperidine rings is 1. The Balaban J connectivity index is 2.09.